The third kappa shape index (κ3) is 4.68. The summed E-state index contributed by atoms with van der Waals surface area (Å²) in [6, 6.07) is 14.2. The summed E-state index contributed by atoms with van der Waals surface area (Å²) in [4.78, 5) is 0. The van der Waals surface area contributed by atoms with Crippen LogP contribution in [0.25, 0.3) is 0 Å². The van der Waals surface area contributed by atoms with E-state index in [4.69, 9.17) is 0 Å². The molecule has 21 heavy (non-hydrogen) atoms. The van der Waals surface area contributed by atoms with Crippen LogP contribution in [0.4, 0.5) is 4.39 Å². The molecule has 0 amide bonds. The lowest BCUT2D eigenvalue weighted by Crippen LogP contribution is -2.28. The molecule has 112 valence electrons. The fraction of sp³-hybridized carbons (Fsp3) is 0.368. The smallest absolute Gasteiger partial charge is 0.123 e. The summed E-state index contributed by atoms with van der Waals surface area (Å²) in [5, 5.41) is 3.38. The molecule has 1 nitrogen and oxygen atoms in total. The van der Waals surface area contributed by atoms with Gasteiger partial charge in [0.1, 0.15) is 5.82 Å². The summed E-state index contributed by atoms with van der Waals surface area (Å²) >= 11 is 0. The van der Waals surface area contributed by atoms with Crippen molar-refractivity contribution in [1.82, 2.24) is 5.32 Å². The van der Waals surface area contributed by atoms with Crippen molar-refractivity contribution in [1.29, 1.82) is 0 Å². The van der Waals surface area contributed by atoms with E-state index in [1.54, 1.807) is 12.1 Å². The van der Waals surface area contributed by atoms with Crippen molar-refractivity contribution in [2.45, 2.75) is 39.2 Å². The quantitative estimate of drug-likeness (QED) is 0.838. The van der Waals surface area contributed by atoms with Crippen LogP contribution in [0.15, 0.2) is 42.5 Å². The molecule has 0 aliphatic heterocycles. The van der Waals surface area contributed by atoms with Gasteiger partial charge in [0.05, 0.1) is 0 Å². The Morgan fingerprint density at radius 1 is 1.05 bits per heavy atom. The highest BCUT2D eigenvalue weighted by Crippen LogP contribution is 2.15. The van der Waals surface area contributed by atoms with Crippen molar-refractivity contribution in [3.63, 3.8) is 0 Å². The molecule has 2 aromatic carbocycles. The monoisotopic (exact) mass is 285 g/mol. The Hall–Kier alpha value is -1.67. The predicted octanol–water partition coefficient (Wildman–Crippen LogP) is 4.21. The second-order valence-electron chi connectivity index (χ2n) is 5.78. The molecule has 0 spiro atoms. The minimum absolute atomic E-state index is 0.156. The number of halogens is 1. The third-order valence-electron chi connectivity index (χ3n) is 4.08. The first kappa shape index (κ1) is 15.7. The Bertz CT molecular complexity index is 575. The van der Waals surface area contributed by atoms with Gasteiger partial charge in [-0.1, -0.05) is 35.9 Å². The largest absolute Gasteiger partial charge is 0.317 e. The van der Waals surface area contributed by atoms with Crippen molar-refractivity contribution in [3.05, 3.63) is 70.5 Å². The van der Waals surface area contributed by atoms with Gasteiger partial charge in [-0.3, -0.25) is 0 Å². The van der Waals surface area contributed by atoms with Crippen molar-refractivity contribution in [2.24, 2.45) is 0 Å². The van der Waals surface area contributed by atoms with Crippen LogP contribution in [0.1, 0.15) is 28.7 Å². The standard InChI is InChI=1S/C19H24FN/c1-14-4-6-16(7-5-14)8-11-19(21-3)13-17-9-10-18(20)12-15(17)2/h4-7,9-10,12,19,21H,8,11,13H2,1-3H3. The number of aryl methyl sites for hydroxylation is 3. The van der Waals surface area contributed by atoms with Gasteiger partial charge < -0.3 is 5.32 Å². The molecule has 2 rings (SSSR count). The lowest BCUT2D eigenvalue weighted by atomic mass is 9.96. The maximum Gasteiger partial charge on any atom is 0.123 e. The van der Waals surface area contributed by atoms with Crippen LogP contribution in [0, 0.1) is 19.7 Å². The molecule has 0 fully saturated rings. The van der Waals surface area contributed by atoms with Gasteiger partial charge >= 0.3 is 0 Å². The molecule has 2 heteroatoms. The normalized spacial score (nSPS) is 12.4. The maximum absolute atomic E-state index is 13.2. The average molecular weight is 285 g/mol. The van der Waals surface area contributed by atoms with E-state index in [-0.39, 0.29) is 5.82 Å². The lowest BCUT2D eigenvalue weighted by molar-refractivity contribution is 0.518. The molecule has 0 bridgehead atoms. The van der Waals surface area contributed by atoms with Crippen molar-refractivity contribution in [2.75, 3.05) is 7.05 Å². The Morgan fingerprint density at radius 2 is 1.76 bits per heavy atom. The first-order valence-electron chi connectivity index (χ1n) is 7.56. The van der Waals surface area contributed by atoms with E-state index in [2.05, 4.69) is 36.5 Å². The summed E-state index contributed by atoms with van der Waals surface area (Å²) in [6.07, 6.45) is 3.08. The van der Waals surface area contributed by atoms with Crippen molar-refractivity contribution < 1.29 is 4.39 Å². The van der Waals surface area contributed by atoms with Crippen LogP contribution < -0.4 is 5.32 Å². The van der Waals surface area contributed by atoms with Crippen LogP contribution >= 0.6 is 0 Å². The number of hydrogen-bond donors (Lipinski definition) is 1. The molecule has 1 atom stereocenters. The van der Waals surface area contributed by atoms with Gasteiger partial charge in [0, 0.05) is 6.04 Å². The molecule has 0 aromatic heterocycles. The van der Waals surface area contributed by atoms with Gasteiger partial charge in [-0.25, -0.2) is 4.39 Å². The van der Waals surface area contributed by atoms with Crippen LogP contribution in [-0.4, -0.2) is 13.1 Å². The summed E-state index contributed by atoms with van der Waals surface area (Å²) in [6.45, 7) is 4.09. The Morgan fingerprint density at radius 3 is 2.38 bits per heavy atom. The highest BCUT2D eigenvalue weighted by molar-refractivity contribution is 5.27. The number of nitrogens with one attached hydrogen (secondary N) is 1. The van der Waals surface area contributed by atoms with Gasteiger partial charge in [0.2, 0.25) is 0 Å². The third-order valence-corrected chi connectivity index (χ3v) is 4.08. The van der Waals surface area contributed by atoms with E-state index in [1.807, 2.05) is 20.0 Å². The van der Waals surface area contributed by atoms with Gasteiger partial charge in [0.25, 0.3) is 0 Å². The minimum atomic E-state index is -0.156. The molecule has 0 saturated carbocycles. The van der Waals surface area contributed by atoms with Crippen LogP contribution in [0.2, 0.25) is 0 Å². The first-order chi connectivity index (χ1) is 10.1. The molecule has 1 unspecified atom stereocenters. The summed E-state index contributed by atoms with van der Waals surface area (Å²) < 4.78 is 13.2. The van der Waals surface area contributed by atoms with E-state index < -0.39 is 0 Å². The summed E-state index contributed by atoms with van der Waals surface area (Å²) in [5.41, 5.74) is 4.92. The SMILES string of the molecule is CNC(CCc1ccc(C)cc1)Cc1ccc(F)cc1C. The van der Waals surface area contributed by atoms with E-state index in [0.29, 0.717) is 6.04 Å². The van der Waals surface area contributed by atoms with E-state index in [0.717, 1.165) is 24.8 Å². The zero-order valence-corrected chi connectivity index (χ0v) is 13.1. The second kappa shape index (κ2) is 7.37. The van der Waals surface area contributed by atoms with E-state index >= 15 is 0 Å². The Balaban J connectivity index is 1.95. The maximum atomic E-state index is 13.2. The molecular weight excluding hydrogens is 261 g/mol. The number of rotatable bonds is 6. The van der Waals surface area contributed by atoms with Crippen molar-refractivity contribution >= 4 is 0 Å². The lowest BCUT2D eigenvalue weighted by Gasteiger charge is -2.17. The van der Waals surface area contributed by atoms with Crippen LogP contribution in [-0.2, 0) is 12.8 Å². The highest BCUT2D eigenvalue weighted by atomic mass is 19.1. The average Bonchev–Trinajstić information content (AvgIpc) is 2.47. The minimum Gasteiger partial charge on any atom is -0.317 e. The van der Waals surface area contributed by atoms with Crippen LogP contribution in [0.5, 0.6) is 0 Å². The molecule has 0 heterocycles. The van der Waals surface area contributed by atoms with Gasteiger partial charge in [-0.2, -0.15) is 0 Å². The van der Waals surface area contributed by atoms with Crippen LogP contribution in [0.3, 0.4) is 0 Å². The molecule has 0 aliphatic rings. The second-order valence-corrected chi connectivity index (χ2v) is 5.78. The molecule has 0 saturated heterocycles. The Labute approximate surface area is 127 Å². The number of hydrogen-bond acceptors (Lipinski definition) is 1. The summed E-state index contributed by atoms with van der Waals surface area (Å²) in [5.74, 6) is -0.156. The zero-order valence-electron chi connectivity index (χ0n) is 13.1. The Kier molecular flexibility index (Phi) is 5.51. The van der Waals surface area contributed by atoms with E-state index in [1.165, 1.54) is 16.7 Å². The molecule has 2 aromatic rings. The molecule has 0 radical (unpaired) electrons. The van der Waals surface area contributed by atoms with Gasteiger partial charge in [-0.15, -0.1) is 0 Å². The van der Waals surface area contributed by atoms with Gasteiger partial charge in [-0.05, 0) is 69.0 Å². The molecule has 1 N–H and O–H groups in total. The number of likely N-dealkylation sites (N-methyl/N-ethyl adjacent to an activating group) is 1. The predicted molar refractivity (Wildman–Crippen MR) is 87.2 cm³/mol. The fourth-order valence-electron chi connectivity index (χ4n) is 2.60. The van der Waals surface area contributed by atoms with Crippen molar-refractivity contribution in [3.8, 4) is 0 Å². The first-order valence-corrected chi connectivity index (χ1v) is 7.56. The van der Waals surface area contributed by atoms with Gasteiger partial charge in [0.15, 0.2) is 0 Å². The highest BCUT2D eigenvalue weighted by Gasteiger charge is 2.10. The number of benzene rings is 2. The van der Waals surface area contributed by atoms with E-state index in [9.17, 15) is 4.39 Å². The fourth-order valence-corrected chi connectivity index (χ4v) is 2.60. The zero-order chi connectivity index (χ0) is 15.2. The molecular formula is C19H24FN. The summed E-state index contributed by atoms with van der Waals surface area (Å²) in [7, 11) is 2.00. The molecule has 0 aliphatic carbocycles. The topological polar surface area (TPSA) is 12.0 Å².